The molecule has 0 aromatic heterocycles. The van der Waals surface area contributed by atoms with Gasteiger partial charge in [-0.2, -0.15) is 0 Å². The fraction of sp³-hybridized carbons (Fsp3) is 0.894. The van der Waals surface area contributed by atoms with Crippen molar-refractivity contribution in [1.29, 1.82) is 0 Å². The molecule has 0 aliphatic rings. The molecule has 0 amide bonds. The molecule has 302 valence electrons. The zero-order valence-corrected chi connectivity index (χ0v) is 34.6. The normalized spacial score (nSPS) is 12.5. The van der Waals surface area contributed by atoms with Crippen LogP contribution in [-0.4, -0.2) is 37.0 Å². The number of unbranched alkanes of at least 4 members (excludes halogenated alkanes) is 31. The van der Waals surface area contributed by atoms with Crippen molar-refractivity contribution in [2.45, 2.75) is 251 Å². The van der Waals surface area contributed by atoms with E-state index in [2.05, 4.69) is 38.2 Å². The van der Waals surface area contributed by atoms with Crippen LogP contribution in [0.4, 0.5) is 0 Å². The lowest BCUT2D eigenvalue weighted by Crippen LogP contribution is -2.27. The van der Waals surface area contributed by atoms with Crippen molar-refractivity contribution < 1.29 is 19.4 Å². The Kier molecular flexibility index (Phi) is 44.0. The van der Waals surface area contributed by atoms with E-state index in [0.717, 1.165) is 19.3 Å². The average Bonchev–Trinajstić information content (AvgIpc) is 3.14. The smallest absolute Gasteiger partial charge is 0.306 e. The number of carbonyl (C=O) groups is 1. The largest absolute Gasteiger partial charge is 0.457 e. The molecule has 0 saturated heterocycles. The minimum Gasteiger partial charge on any atom is -0.457 e. The highest BCUT2D eigenvalue weighted by molar-refractivity contribution is 5.69. The summed E-state index contributed by atoms with van der Waals surface area (Å²) in [5.41, 5.74) is 0. The second-order valence-corrected chi connectivity index (χ2v) is 15.5. The zero-order valence-electron chi connectivity index (χ0n) is 34.6. The lowest BCUT2D eigenvalue weighted by Gasteiger charge is -2.16. The first-order valence-corrected chi connectivity index (χ1v) is 22.9. The molecule has 0 rings (SSSR count). The summed E-state index contributed by atoms with van der Waals surface area (Å²) in [6.07, 6.45) is 55.3. The van der Waals surface area contributed by atoms with E-state index in [1.54, 1.807) is 0 Å². The summed E-state index contributed by atoms with van der Waals surface area (Å²) in [6, 6.07) is 0. The lowest BCUT2D eigenvalue weighted by molar-refractivity contribution is -0.154. The van der Waals surface area contributed by atoms with Crippen LogP contribution in [0.1, 0.15) is 245 Å². The Morgan fingerprint density at radius 1 is 0.451 bits per heavy atom. The molecule has 4 heteroatoms. The molecule has 0 heterocycles. The third kappa shape index (κ3) is 43.2. The van der Waals surface area contributed by atoms with Crippen LogP contribution < -0.4 is 0 Å². The van der Waals surface area contributed by atoms with E-state index in [-0.39, 0.29) is 12.6 Å². The Morgan fingerprint density at radius 3 is 1.12 bits per heavy atom. The Labute approximate surface area is 319 Å². The molecule has 0 aliphatic heterocycles. The molecule has 0 aromatic carbocycles. The van der Waals surface area contributed by atoms with Gasteiger partial charge in [0.05, 0.1) is 13.2 Å². The van der Waals surface area contributed by atoms with Crippen LogP contribution in [0.5, 0.6) is 0 Å². The van der Waals surface area contributed by atoms with Gasteiger partial charge < -0.3 is 14.6 Å². The highest BCUT2D eigenvalue weighted by Crippen LogP contribution is 2.15. The third-order valence-corrected chi connectivity index (χ3v) is 10.2. The van der Waals surface area contributed by atoms with Crippen molar-refractivity contribution >= 4 is 5.97 Å². The molecule has 0 saturated carbocycles. The molecule has 0 fully saturated rings. The van der Waals surface area contributed by atoms with Gasteiger partial charge >= 0.3 is 5.97 Å². The topological polar surface area (TPSA) is 55.8 Å². The van der Waals surface area contributed by atoms with Crippen LogP contribution in [0.2, 0.25) is 0 Å². The number of allylic oxidation sites excluding steroid dienone is 4. The molecular formula is C47H90O4. The van der Waals surface area contributed by atoms with Gasteiger partial charge in [0.2, 0.25) is 0 Å². The predicted molar refractivity (Wildman–Crippen MR) is 224 cm³/mol. The molecule has 1 atom stereocenters. The summed E-state index contributed by atoms with van der Waals surface area (Å²) in [4.78, 5) is 12.2. The van der Waals surface area contributed by atoms with E-state index < -0.39 is 6.10 Å². The number of carbonyl (C=O) groups excluding carboxylic acids is 1. The van der Waals surface area contributed by atoms with Crippen LogP contribution in [-0.2, 0) is 14.3 Å². The van der Waals surface area contributed by atoms with E-state index in [1.807, 2.05) is 0 Å². The van der Waals surface area contributed by atoms with Gasteiger partial charge in [-0.3, -0.25) is 4.79 Å². The SMILES string of the molecule is CCCCCCCC/C=C\CCCCCCCCCCCCOCC(CO)OC(=O)CCCCCCCCCCC/C=C\CCCCCCCC. The van der Waals surface area contributed by atoms with E-state index in [4.69, 9.17) is 9.47 Å². The minimum atomic E-state index is -0.533. The van der Waals surface area contributed by atoms with Gasteiger partial charge in [-0.1, -0.05) is 199 Å². The van der Waals surface area contributed by atoms with Crippen LogP contribution in [0, 0.1) is 0 Å². The summed E-state index contributed by atoms with van der Waals surface area (Å²) in [6.45, 7) is 5.37. The fourth-order valence-corrected chi connectivity index (χ4v) is 6.79. The van der Waals surface area contributed by atoms with Crippen molar-refractivity contribution in [2.75, 3.05) is 19.8 Å². The van der Waals surface area contributed by atoms with Gasteiger partial charge in [-0.05, 0) is 64.2 Å². The molecule has 0 spiro atoms. The van der Waals surface area contributed by atoms with Crippen molar-refractivity contribution in [3.63, 3.8) is 0 Å². The quantitative estimate of drug-likeness (QED) is 0.0387. The van der Waals surface area contributed by atoms with Gasteiger partial charge in [-0.15, -0.1) is 0 Å². The summed E-state index contributed by atoms with van der Waals surface area (Å²) < 4.78 is 11.2. The van der Waals surface area contributed by atoms with E-state index >= 15 is 0 Å². The second-order valence-electron chi connectivity index (χ2n) is 15.5. The first-order valence-electron chi connectivity index (χ1n) is 22.9. The van der Waals surface area contributed by atoms with E-state index in [1.165, 1.54) is 205 Å². The van der Waals surface area contributed by atoms with Gasteiger partial charge in [0.1, 0.15) is 6.10 Å². The fourth-order valence-electron chi connectivity index (χ4n) is 6.79. The molecular weight excluding hydrogens is 629 g/mol. The average molecular weight is 719 g/mol. The number of esters is 1. The first kappa shape index (κ1) is 49.9. The third-order valence-electron chi connectivity index (χ3n) is 10.2. The molecule has 0 aromatic rings. The highest BCUT2D eigenvalue weighted by atomic mass is 16.6. The number of aliphatic hydroxyl groups is 1. The van der Waals surface area contributed by atoms with Gasteiger partial charge in [0, 0.05) is 13.0 Å². The predicted octanol–water partition coefficient (Wildman–Crippen LogP) is 15.1. The molecule has 0 radical (unpaired) electrons. The summed E-state index contributed by atoms with van der Waals surface area (Å²) >= 11 is 0. The Balaban J connectivity index is 3.39. The second kappa shape index (κ2) is 45.0. The molecule has 4 nitrogen and oxygen atoms in total. The maximum absolute atomic E-state index is 12.2. The highest BCUT2D eigenvalue weighted by Gasteiger charge is 2.13. The summed E-state index contributed by atoms with van der Waals surface area (Å²) in [7, 11) is 0. The van der Waals surface area contributed by atoms with Gasteiger partial charge in [-0.25, -0.2) is 0 Å². The summed E-state index contributed by atoms with van der Waals surface area (Å²) in [5.74, 6) is -0.200. The zero-order chi connectivity index (χ0) is 37.0. The van der Waals surface area contributed by atoms with E-state index in [9.17, 15) is 9.90 Å². The van der Waals surface area contributed by atoms with Crippen molar-refractivity contribution in [2.24, 2.45) is 0 Å². The van der Waals surface area contributed by atoms with Crippen molar-refractivity contribution in [3.8, 4) is 0 Å². The van der Waals surface area contributed by atoms with Crippen LogP contribution in [0.25, 0.3) is 0 Å². The van der Waals surface area contributed by atoms with Crippen LogP contribution in [0.15, 0.2) is 24.3 Å². The van der Waals surface area contributed by atoms with Crippen LogP contribution in [0.3, 0.4) is 0 Å². The standard InChI is InChI=1S/C47H90O4/c1-3-5-7-9-11-13-15-17-19-21-23-25-27-29-31-33-35-37-39-41-43-50-45-46(44-48)51-47(49)42-40-38-36-34-32-30-28-26-24-22-20-18-16-14-12-10-8-6-4-2/h17-20,46,48H,3-16,21-45H2,1-2H3/b19-17-,20-18-. The first-order chi connectivity index (χ1) is 25.2. The van der Waals surface area contributed by atoms with Crippen LogP contribution >= 0.6 is 0 Å². The maximum Gasteiger partial charge on any atom is 0.306 e. The summed E-state index contributed by atoms with van der Waals surface area (Å²) in [5, 5.41) is 9.62. The maximum atomic E-state index is 12.2. The van der Waals surface area contributed by atoms with E-state index in [0.29, 0.717) is 19.6 Å². The van der Waals surface area contributed by atoms with Crippen molar-refractivity contribution in [3.05, 3.63) is 24.3 Å². The monoisotopic (exact) mass is 719 g/mol. The molecule has 1 unspecified atom stereocenters. The number of rotatable bonds is 43. The lowest BCUT2D eigenvalue weighted by atomic mass is 10.1. The molecule has 51 heavy (non-hydrogen) atoms. The number of hydrogen-bond donors (Lipinski definition) is 1. The van der Waals surface area contributed by atoms with Gasteiger partial charge in [0.25, 0.3) is 0 Å². The number of hydrogen-bond acceptors (Lipinski definition) is 4. The van der Waals surface area contributed by atoms with Gasteiger partial charge in [0.15, 0.2) is 0 Å². The molecule has 1 N–H and O–H groups in total. The Morgan fingerprint density at radius 2 is 0.765 bits per heavy atom. The molecule has 0 bridgehead atoms. The number of ether oxygens (including phenoxy) is 2. The number of aliphatic hydroxyl groups excluding tert-OH is 1. The molecule has 0 aliphatic carbocycles. The Hall–Kier alpha value is -1.13. The minimum absolute atomic E-state index is 0.169. The Bertz CT molecular complexity index is 717. The van der Waals surface area contributed by atoms with Crippen molar-refractivity contribution in [1.82, 2.24) is 0 Å².